The SMILES string of the molecule is CCCC[C@H](C)Oc1nc(N)c2[nH]c(OC)nc2n1. The van der Waals surface area contributed by atoms with Crippen molar-refractivity contribution in [2.45, 2.75) is 39.2 Å². The molecule has 0 saturated carbocycles. The summed E-state index contributed by atoms with van der Waals surface area (Å²) < 4.78 is 10.6. The van der Waals surface area contributed by atoms with E-state index in [0.717, 1.165) is 19.3 Å². The molecule has 0 radical (unpaired) electrons. The van der Waals surface area contributed by atoms with Crippen LogP contribution in [0.4, 0.5) is 5.82 Å². The number of H-pyrrole nitrogens is 1. The van der Waals surface area contributed by atoms with Crippen LogP contribution in [-0.4, -0.2) is 33.1 Å². The van der Waals surface area contributed by atoms with Gasteiger partial charge < -0.3 is 20.2 Å². The molecule has 0 aliphatic heterocycles. The predicted molar refractivity (Wildman–Crippen MR) is 72.3 cm³/mol. The molecule has 0 spiro atoms. The Hall–Kier alpha value is -2.05. The number of nitrogens with one attached hydrogen (secondary N) is 1. The lowest BCUT2D eigenvalue weighted by atomic mass is 10.2. The minimum atomic E-state index is 0.0534. The summed E-state index contributed by atoms with van der Waals surface area (Å²) in [7, 11) is 1.52. The van der Waals surface area contributed by atoms with Gasteiger partial charge in [-0.05, 0) is 13.3 Å². The number of hydrogen-bond acceptors (Lipinski definition) is 6. The Morgan fingerprint density at radius 3 is 2.79 bits per heavy atom. The Labute approximate surface area is 111 Å². The molecule has 0 fully saturated rings. The highest BCUT2D eigenvalue weighted by atomic mass is 16.5. The number of rotatable bonds is 6. The number of unbranched alkanes of at least 4 members (excludes halogenated alkanes) is 1. The number of nitrogens with two attached hydrogens (primary N) is 1. The van der Waals surface area contributed by atoms with Crippen molar-refractivity contribution in [3.63, 3.8) is 0 Å². The molecule has 104 valence electrons. The van der Waals surface area contributed by atoms with E-state index in [1.807, 2.05) is 6.92 Å². The van der Waals surface area contributed by atoms with Crippen LogP contribution in [-0.2, 0) is 0 Å². The lowest BCUT2D eigenvalue weighted by molar-refractivity contribution is 0.191. The highest BCUT2D eigenvalue weighted by molar-refractivity contribution is 5.82. The molecule has 2 heterocycles. The van der Waals surface area contributed by atoms with Crippen molar-refractivity contribution in [1.82, 2.24) is 19.9 Å². The molecule has 1 atom stereocenters. The van der Waals surface area contributed by atoms with Crippen LogP contribution in [0.1, 0.15) is 33.1 Å². The Morgan fingerprint density at radius 1 is 1.32 bits per heavy atom. The average molecular weight is 265 g/mol. The van der Waals surface area contributed by atoms with Gasteiger partial charge in [-0.3, -0.25) is 0 Å². The molecule has 0 bridgehead atoms. The van der Waals surface area contributed by atoms with E-state index in [1.54, 1.807) is 0 Å². The van der Waals surface area contributed by atoms with Gasteiger partial charge in [0.25, 0.3) is 6.01 Å². The van der Waals surface area contributed by atoms with Gasteiger partial charge in [0.2, 0.25) is 0 Å². The maximum atomic E-state index is 5.84. The first kappa shape index (κ1) is 13.4. The van der Waals surface area contributed by atoms with Crippen molar-refractivity contribution in [3.05, 3.63) is 0 Å². The Kier molecular flexibility index (Phi) is 4.03. The third-order valence-corrected chi connectivity index (χ3v) is 2.80. The highest BCUT2D eigenvalue weighted by Gasteiger charge is 2.13. The molecule has 0 amide bonds. The zero-order valence-corrected chi connectivity index (χ0v) is 11.4. The van der Waals surface area contributed by atoms with Crippen LogP contribution in [0.3, 0.4) is 0 Å². The number of fused-ring (bicyclic) bond motifs is 1. The number of anilines is 1. The van der Waals surface area contributed by atoms with E-state index in [1.165, 1.54) is 7.11 Å². The van der Waals surface area contributed by atoms with E-state index in [0.29, 0.717) is 23.0 Å². The van der Waals surface area contributed by atoms with Crippen molar-refractivity contribution >= 4 is 17.0 Å². The summed E-state index contributed by atoms with van der Waals surface area (Å²) >= 11 is 0. The van der Waals surface area contributed by atoms with Gasteiger partial charge in [0, 0.05) is 0 Å². The summed E-state index contributed by atoms with van der Waals surface area (Å²) in [6.45, 7) is 4.13. The molecular weight excluding hydrogens is 246 g/mol. The van der Waals surface area contributed by atoms with E-state index in [4.69, 9.17) is 15.2 Å². The lowest BCUT2D eigenvalue weighted by Crippen LogP contribution is -2.14. The van der Waals surface area contributed by atoms with E-state index < -0.39 is 0 Å². The van der Waals surface area contributed by atoms with Crippen molar-refractivity contribution in [2.75, 3.05) is 12.8 Å². The Balaban J connectivity index is 2.20. The first-order valence-corrected chi connectivity index (χ1v) is 6.38. The molecule has 3 N–H and O–H groups in total. The fourth-order valence-corrected chi connectivity index (χ4v) is 1.76. The summed E-state index contributed by atoms with van der Waals surface area (Å²) in [4.78, 5) is 15.4. The summed E-state index contributed by atoms with van der Waals surface area (Å²) in [6, 6.07) is 0.606. The zero-order valence-electron chi connectivity index (χ0n) is 11.4. The first-order valence-electron chi connectivity index (χ1n) is 6.38. The summed E-state index contributed by atoms with van der Waals surface area (Å²) in [6.07, 6.45) is 3.25. The monoisotopic (exact) mass is 265 g/mol. The van der Waals surface area contributed by atoms with Crippen molar-refractivity contribution in [3.8, 4) is 12.0 Å². The van der Waals surface area contributed by atoms with Gasteiger partial charge in [-0.1, -0.05) is 19.8 Å². The van der Waals surface area contributed by atoms with Crippen LogP contribution in [0.15, 0.2) is 0 Å². The summed E-state index contributed by atoms with van der Waals surface area (Å²) in [5.41, 5.74) is 6.85. The molecule has 0 aromatic carbocycles. The van der Waals surface area contributed by atoms with Crippen LogP contribution >= 0.6 is 0 Å². The van der Waals surface area contributed by atoms with Gasteiger partial charge in [-0.25, -0.2) is 0 Å². The molecule has 0 unspecified atom stereocenters. The van der Waals surface area contributed by atoms with Gasteiger partial charge in [0.05, 0.1) is 13.2 Å². The Morgan fingerprint density at radius 2 is 2.11 bits per heavy atom. The van der Waals surface area contributed by atoms with E-state index >= 15 is 0 Å². The predicted octanol–water partition coefficient (Wildman–Crippen LogP) is 1.90. The largest absolute Gasteiger partial charge is 0.468 e. The maximum absolute atomic E-state index is 5.84. The second-order valence-electron chi connectivity index (χ2n) is 4.41. The van der Waals surface area contributed by atoms with Crippen LogP contribution < -0.4 is 15.2 Å². The zero-order chi connectivity index (χ0) is 13.8. The average Bonchev–Trinajstić information content (AvgIpc) is 2.80. The minimum Gasteiger partial charge on any atom is -0.468 e. The fourth-order valence-electron chi connectivity index (χ4n) is 1.76. The van der Waals surface area contributed by atoms with Crippen molar-refractivity contribution in [2.24, 2.45) is 0 Å². The molecule has 2 aromatic heterocycles. The topological polar surface area (TPSA) is 98.9 Å². The smallest absolute Gasteiger partial charge is 0.320 e. The molecular formula is C12H19N5O2. The van der Waals surface area contributed by atoms with Gasteiger partial charge in [-0.2, -0.15) is 15.0 Å². The van der Waals surface area contributed by atoms with Crippen LogP contribution in [0, 0.1) is 0 Å². The Bertz CT molecular complexity index is 554. The minimum absolute atomic E-state index is 0.0534. The number of hydrogen-bond donors (Lipinski definition) is 2. The standard InChI is InChI=1S/C12H19N5O2/c1-4-5-6-7(2)19-12-15-9(13)8-10(17-12)16-11(14-8)18-3/h7H,4-6H2,1-3H3,(H3,13,14,15,16,17)/t7-/m0/s1. The van der Waals surface area contributed by atoms with E-state index in [2.05, 4.69) is 26.9 Å². The molecule has 2 rings (SSSR count). The number of methoxy groups -OCH3 is 1. The molecule has 0 aliphatic carbocycles. The number of imidazole rings is 1. The summed E-state index contributed by atoms with van der Waals surface area (Å²) in [5.74, 6) is 0.304. The molecule has 0 saturated heterocycles. The second kappa shape index (κ2) is 5.73. The third kappa shape index (κ3) is 3.04. The summed E-state index contributed by atoms with van der Waals surface area (Å²) in [5, 5.41) is 0. The van der Waals surface area contributed by atoms with Gasteiger partial charge >= 0.3 is 6.01 Å². The lowest BCUT2D eigenvalue weighted by Gasteiger charge is -2.12. The second-order valence-corrected chi connectivity index (χ2v) is 4.41. The number of aromatic nitrogens is 4. The molecule has 19 heavy (non-hydrogen) atoms. The molecule has 7 heteroatoms. The quantitative estimate of drug-likeness (QED) is 0.827. The van der Waals surface area contributed by atoms with Gasteiger partial charge in [0.15, 0.2) is 11.5 Å². The van der Waals surface area contributed by atoms with Crippen molar-refractivity contribution in [1.29, 1.82) is 0 Å². The van der Waals surface area contributed by atoms with Crippen LogP contribution in [0.25, 0.3) is 11.2 Å². The van der Waals surface area contributed by atoms with E-state index in [-0.39, 0.29) is 12.1 Å². The molecule has 2 aromatic rings. The van der Waals surface area contributed by atoms with Gasteiger partial charge in [0.1, 0.15) is 5.52 Å². The van der Waals surface area contributed by atoms with Gasteiger partial charge in [-0.15, -0.1) is 0 Å². The fraction of sp³-hybridized carbons (Fsp3) is 0.583. The third-order valence-electron chi connectivity index (χ3n) is 2.80. The van der Waals surface area contributed by atoms with Crippen LogP contribution in [0.2, 0.25) is 0 Å². The molecule has 7 nitrogen and oxygen atoms in total. The number of ether oxygens (including phenoxy) is 2. The number of aromatic amines is 1. The molecule has 0 aliphatic rings. The highest BCUT2D eigenvalue weighted by Crippen LogP contribution is 2.21. The van der Waals surface area contributed by atoms with Crippen LogP contribution in [0.5, 0.6) is 12.0 Å². The number of nitrogen functional groups attached to an aromatic ring is 1. The maximum Gasteiger partial charge on any atom is 0.320 e. The first-order chi connectivity index (χ1) is 9.13. The van der Waals surface area contributed by atoms with E-state index in [9.17, 15) is 0 Å². The normalized spacial score (nSPS) is 12.6. The van der Waals surface area contributed by atoms with Crippen molar-refractivity contribution < 1.29 is 9.47 Å². The number of nitrogens with zero attached hydrogens (tertiary/aromatic N) is 3.